The minimum Gasteiger partial charge on any atom is -0.330 e. The van der Waals surface area contributed by atoms with E-state index in [1.807, 2.05) is 0 Å². The number of quaternary nitrogens is 2. The SMILES string of the molecule is C[N+](C)(CCCN)[C@@H]1CCCC[C@H]1[N+](C)(C)CCCN. The van der Waals surface area contributed by atoms with Crippen LogP contribution in [-0.4, -0.2) is 75.4 Å². The molecule has 0 amide bonds. The van der Waals surface area contributed by atoms with Crippen LogP contribution in [0.5, 0.6) is 0 Å². The third-order valence-corrected chi connectivity index (χ3v) is 5.37. The van der Waals surface area contributed by atoms with Crippen LogP contribution in [0.3, 0.4) is 0 Å². The molecule has 1 fully saturated rings. The molecule has 1 aliphatic rings. The molecule has 0 aromatic carbocycles. The maximum Gasteiger partial charge on any atom is 0.141 e. The second-order valence-corrected chi connectivity index (χ2v) is 7.71. The molecular weight excluding hydrogens is 248 g/mol. The summed E-state index contributed by atoms with van der Waals surface area (Å²) >= 11 is 0. The van der Waals surface area contributed by atoms with E-state index in [4.69, 9.17) is 11.5 Å². The zero-order chi connectivity index (χ0) is 15.2. The molecule has 1 aliphatic carbocycles. The molecule has 0 unspecified atom stereocenters. The summed E-state index contributed by atoms with van der Waals surface area (Å²) in [4.78, 5) is 0. The van der Waals surface area contributed by atoms with E-state index in [9.17, 15) is 0 Å². The molecule has 0 saturated heterocycles. The molecule has 0 aliphatic heterocycles. The molecule has 20 heavy (non-hydrogen) atoms. The predicted octanol–water partition coefficient (Wildman–Crippen LogP) is 1.15. The lowest BCUT2D eigenvalue weighted by molar-refractivity contribution is -0.984. The maximum atomic E-state index is 5.72. The van der Waals surface area contributed by atoms with Gasteiger partial charge in [-0.3, -0.25) is 0 Å². The molecular formula is C16H38N4+2. The van der Waals surface area contributed by atoms with E-state index in [0.717, 1.165) is 47.0 Å². The first-order valence-corrected chi connectivity index (χ1v) is 8.40. The van der Waals surface area contributed by atoms with Crippen molar-refractivity contribution in [3.63, 3.8) is 0 Å². The average molecular weight is 287 g/mol. The first-order valence-electron chi connectivity index (χ1n) is 8.40. The van der Waals surface area contributed by atoms with Gasteiger partial charge in [0.1, 0.15) is 12.1 Å². The highest BCUT2D eigenvalue weighted by molar-refractivity contribution is 4.78. The number of hydrogen-bond donors (Lipinski definition) is 2. The fraction of sp³-hybridized carbons (Fsp3) is 1.00. The smallest absolute Gasteiger partial charge is 0.141 e. The Morgan fingerprint density at radius 1 is 0.750 bits per heavy atom. The van der Waals surface area contributed by atoms with E-state index in [0.29, 0.717) is 0 Å². The monoisotopic (exact) mass is 286 g/mol. The summed E-state index contributed by atoms with van der Waals surface area (Å²) in [5.74, 6) is 0. The first kappa shape index (κ1) is 17.9. The van der Waals surface area contributed by atoms with E-state index >= 15 is 0 Å². The Labute approximate surface area is 126 Å². The van der Waals surface area contributed by atoms with Crippen LogP contribution in [0.1, 0.15) is 38.5 Å². The van der Waals surface area contributed by atoms with E-state index in [1.54, 1.807) is 0 Å². The highest BCUT2D eigenvalue weighted by atomic mass is 15.4. The summed E-state index contributed by atoms with van der Waals surface area (Å²) in [6.45, 7) is 4.03. The zero-order valence-corrected chi connectivity index (χ0v) is 14.3. The number of likely N-dealkylation sites (N-methyl/N-ethyl adjacent to an activating group) is 2. The van der Waals surface area contributed by atoms with E-state index in [1.165, 1.54) is 38.8 Å². The van der Waals surface area contributed by atoms with Crippen LogP contribution in [0, 0.1) is 0 Å². The van der Waals surface area contributed by atoms with Gasteiger partial charge in [0.05, 0.1) is 41.3 Å². The maximum absolute atomic E-state index is 5.72. The van der Waals surface area contributed by atoms with Gasteiger partial charge in [0.15, 0.2) is 0 Å². The molecule has 0 spiro atoms. The largest absolute Gasteiger partial charge is 0.330 e. The Balaban J connectivity index is 2.79. The minimum atomic E-state index is 0.767. The van der Waals surface area contributed by atoms with Crippen molar-refractivity contribution in [3.8, 4) is 0 Å². The molecule has 4 N–H and O–H groups in total. The molecule has 0 aromatic heterocycles. The Morgan fingerprint density at radius 2 is 1.10 bits per heavy atom. The number of nitrogens with zero attached hydrogens (tertiary/aromatic N) is 2. The standard InChI is InChI=1S/C16H38N4/c1-19(2,13-7-11-17)15-9-5-6-10-16(15)20(3,4)14-8-12-18/h15-16H,5-14,17-18H2,1-4H3/q+2/t15-,16-/m1/s1. The van der Waals surface area contributed by atoms with Crippen LogP contribution in [0.2, 0.25) is 0 Å². The van der Waals surface area contributed by atoms with Gasteiger partial charge in [-0.1, -0.05) is 0 Å². The minimum absolute atomic E-state index is 0.767. The second kappa shape index (κ2) is 7.74. The van der Waals surface area contributed by atoms with Crippen molar-refractivity contribution >= 4 is 0 Å². The fourth-order valence-corrected chi connectivity index (χ4v) is 4.05. The molecule has 4 nitrogen and oxygen atoms in total. The van der Waals surface area contributed by atoms with Gasteiger partial charge in [-0.15, -0.1) is 0 Å². The lowest BCUT2D eigenvalue weighted by Gasteiger charge is -2.50. The van der Waals surface area contributed by atoms with Gasteiger partial charge in [0, 0.05) is 25.7 Å². The summed E-state index contributed by atoms with van der Waals surface area (Å²) in [7, 11) is 9.62. The second-order valence-electron chi connectivity index (χ2n) is 7.71. The van der Waals surface area contributed by atoms with Crippen molar-refractivity contribution in [1.29, 1.82) is 0 Å². The van der Waals surface area contributed by atoms with Crippen LogP contribution in [0.4, 0.5) is 0 Å². The van der Waals surface area contributed by atoms with Crippen molar-refractivity contribution in [1.82, 2.24) is 0 Å². The number of nitrogens with two attached hydrogens (primary N) is 2. The zero-order valence-electron chi connectivity index (χ0n) is 14.3. The third kappa shape index (κ3) is 4.69. The van der Waals surface area contributed by atoms with Crippen molar-refractivity contribution in [2.75, 3.05) is 54.4 Å². The van der Waals surface area contributed by atoms with E-state index in [-0.39, 0.29) is 0 Å². The summed E-state index contributed by atoms with van der Waals surface area (Å²) in [5, 5.41) is 0. The van der Waals surface area contributed by atoms with Crippen LogP contribution in [-0.2, 0) is 0 Å². The lowest BCUT2D eigenvalue weighted by atomic mass is 9.85. The van der Waals surface area contributed by atoms with Crippen molar-refractivity contribution in [3.05, 3.63) is 0 Å². The Kier molecular flexibility index (Phi) is 6.92. The summed E-state index contributed by atoms with van der Waals surface area (Å²) in [5.41, 5.74) is 11.4. The van der Waals surface area contributed by atoms with Gasteiger partial charge in [-0.05, 0) is 25.9 Å². The Morgan fingerprint density at radius 3 is 1.40 bits per heavy atom. The quantitative estimate of drug-likeness (QED) is 0.658. The van der Waals surface area contributed by atoms with Crippen molar-refractivity contribution in [2.45, 2.75) is 50.6 Å². The molecule has 0 bridgehead atoms. The van der Waals surface area contributed by atoms with Crippen LogP contribution in [0.15, 0.2) is 0 Å². The lowest BCUT2D eigenvalue weighted by Crippen LogP contribution is -2.65. The molecule has 1 rings (SSSR count). The average Bonchev–Trinajstić information content (AvgIpc) is 2.43. The molecule has 2 atom stereocenters. The summed E-state index contributed by atoms with van der Waals surface area (Å²) < 4.78 is 2.26. The van der Waals surface area contributed by atoms with Gasteiger partial charge in [0.25, 0.3) is 0 Å². The molecule has 120 valence electrons. The summed E-state index contributed by atoms with van der Waals surface area (Å²) in [6.07, 6.45) is 7.78. The highest BCUT2D eigenvalue weighted by Crippen LogP contribution is 2.32. The molecule has 1 saturated carbocycles. The molecule has 0 aromatic rings. The molecule has 0 radical (unpaired) electrons. The highest BCUT2D eigenvalue weighted by Gasteiger charge is 2.45. The summed E-state index contributed by atoms with van der Waals surface area (Å²) in [6, 6.07) is 1.53. The van der Waals surface area contributed by atoms with Crippen molar-refractivity contribution < 1.29 is 8.97 Å². The first-order chi connectivity index (χ1) is 9.35. The van der Waals surface area contributed by atoms with Gasteiger partial charge in [0.2, 0.25) is 0 Å². The van der Waals surface area contributed by atoms with Gasteiger partial charge < -0.3 is 20.4 Å². The number of rotatable bonds is 8. The number of hydrogen-bond acceptors (Lipinski definition) is 2. The Bertz CT molecular complexity index is 248. The molecule has 0 heterocycles. The Hall–Kier alpha value is -0.160. The van der Waals surface area contributed by atoms with Crippen LogP contribution >= 0.6 is 0 Å². The topological polar surface area (TPSA) is 52.0 Å². The van der Waals surface area contributed by atoms with Crippen LogP contribution < -0.4 is 11.5 Å². The van der Waals surface area contributed by atoms with Gasteiger partial charge in [-0.25, -0.2) is 0 Å². The van der Waals surface area contributed by atoms with Crippen molar-refractivity contribution in [2.24, 2.45) is 11.5 Å². The van der Waals surface area contributed by atoms with E-state index in [2.05, 4.69) is 28.2 Å². The predicted molar refractivity (Wildman–Crippen MR) is 87.3 cm³/mol. The third-order valence-electron chi connectivity index (χ3n) is 5.37. The van der Waals surface area contributed by atoms with Gasteiger partial charge >= 0.3 is 0 Å². The van der Waals surface area contributed by atoms with E-state index < -0.39 is 0 Å². The normalized spacial score (nSPS) is 24.9. The van der Waals surface area contributed by atoms with Gasteiger partial charge in [-0.2, -0.15) is 0 Å². The molecule has 4 heteroatoms. The fourth-order valence-electron chi connectivity index (χ4n) is 4.05. The van der Waals surface area contributed by atoms with Crippen LogP contribution in [0.25, 0.3) is 0 Å².